The summed E-state index contributed by atoms with van der Waals surface area (Å²) in [7, 11) is 1.96. The Morgan fingerprint density at radius 3 is 2.48 bits per heavy atom. The number of ether oxygens (including phenoxy) is 1. The number of likely N-dealkylation sites (N-methyl/N-ethyl adjacent to an activating group) is 1. The lowest BCUT2D eigenvalue weighted by Crippen LogP contribution is -2.82. The second-order valence-corrected chi connectivity index (χ2v) is 7.84. The van der Waals surface area contributed by atoms with E-state index in [0.717, 1.165) is 32.3 Å². The predicted octanol–water partition coefficient (Wildman–Crippen LogP) is 2.31. The highest BCUT2D eigenvalue weighted by atomic mass is 16.5. The van der Waals surface area contributed by atoms with Crippen LogP contribution in [0.15, 0.2) is 0 Å². The van der Waals surface area contributed by atoms with Crippen molar-refractivity contribution in [2.45, 2.75) is 76.5 Å². The molecule has 0 spiro atoms. The third-order valence-corrected chi connectivity index (χ3v) is 6.48. The molecule has 1 aliphatic heterocycles. The summed E-state index contributed by atoms with van der Waals surface area (Å²) < 4.78 is 5.91. The summed E-state index contributed by atoms with van der Waals surface area (Å²) >= 11 is 0. The lowest BCUT2D eigenvalue weighted by Gasteiger charge is -2.66. The van der Waals surface area contributed by atoms with E-state index in [-0.39, 0.29) is 23.3 Å². The molecular formula is C17H30N2O2. The van der Waals surface area contributed by atoms with Crippen LogP contribution < -0.4 is 5.73 Å². The number of hydrogen-bond acceptors (Lipinski definition) is 3. The van der Waals surface area contributed by atoms with Crippen LogP contribution in [0.4, 0.5) is 0 Å². The first kappa shape index (κ1) is 15.3. The average Bonchev–Trinajstić information content (AvgIpc) is 2.53. The Bertz CT molecular complexity index is 417. The number of nitrogens with zero attached hydrogens (tertiary/aromatic N) is 1. The molecule has 0 bridgehead atoms. The molecule has 1 amide bonds. The van der Waals surface area contributed by atoms with Crippen molar-refractivity contribution in [1.29, 1.82) is 0 Å². The van der Waals surface area contributed by atoms with Crippen molar-refractivity contribution in [2.24, 2.45) is 17.1 Å². The fourth-order valence-corrected chi connectivity index (χ4v) is 4.94. The normalized spacial score (nSPS) is 39.2. The maximum Gasteiger partial charge on any atom is 0.243 e. The lowest BCUT2D eigenvalue weighted by molar-refractivity contribution is -0.230. The molecule has 0 aromatic heterocycles. The van der Waals surface area contributed by atoms with Crippen LogP contribution in [0.5, 0.6) is 0 Å². The summed E-state index contributed by atoms with van der Waals surface area (Å²) in [4.78, 5) is 15.1. The van der Waals surface area contributed by atoms with E-state index in [2.05, 4.69) is 13.8 Å². The molecule has 3 fully saturated rings. The second-order valence-electron chi connectivity index (χ2n) is 7.84. The van der Waals surface area contributed by atoms with E-state index in [9.17, 15) is 4.79 Å². The zero-order valence-electron chi connectivity index (χ0n) is 13.7. The molecule has 21 heavy (non-hydrogen) atoms. The zero-order chi connectivity index (χ0) is 15.3. The molecule has 2 aliphatic carbocycles. The molecule has 2 saturated carbocycles. The minimum absolute atomic E-state index is 0.145. The summed E-state index contributed by atoms with van der Waals surface area (Å²) in [6.07, 6.45) is 8.23. The van der Waals surface area contributed by atoms with Gasteiger partial charge in [-0.3, -0.25) is 4.79 Å². The molecule has 3 aliphatic rings. The Kier molecular flexibility index (Phi) is 3.81. The molecule has 2 N–H and O–H groups in total. The van der Waals surface area contributed by atoms with Gasteiger partial charge in [0.1, 0.15) is 5.54 Å². The second kappa shape index (κ2) is 5.24. The van der Waals surface area contributed by atoms with Gasteiger partial charge in [0.2, 0.25) is 5.91 Å². The lowest BCUT2D eigenvalue weighted by atomic mass is 9.46. The minimum atomic E-state index is -0.746. The maximum absolute atomic E-state index is 13.2. The van der Waals surface area contributed by atoms with Gasteiger partial charge >= 0.3 is 0 Å². The molecular weight excluding hydrogens is 264 g/mol. The fourth-order valence-electron chi connectivity index (χ4n) is 4.94. The molecule has 0 radical (unpaired) electrons. The SMILES string of the molecule is CN(C(=O)C1(N)C2CCCOC2C1(C)C)C1CCCCC1. The highest BCUT2D eigenvalue weighted by Gasteiger charge is 2.70. The quantitative estimate of drug-likeness (QED) is 0.850. The first-order chi connectivity index (χ1) is 9.90. The van der Waals surface area contributed by atoms with E-state index in [0.29, 0.717) is 6.04 Å². The van der Waals surface area contributed by atoms with E-state index >= 15 is 0 Å². The van der Waals surface area contributed by atoms with Crippen LogP contribution in [0.1, 0.15) is 58.8 Å². The van der Waals surface area contributed by atoms with E-state index in [1.54, 1.807) is 0 Å². The van der Waals surface area contributed by atoms with Crippen LogP contribution in [-0.2, 0) is 9.53 Å². The van der Waals surface area contributed by atoms with E-state index in [1.807, 2.05) is 11.9 Å². The van der Waals surface area contributed by atoms with Gasteiger partial charge in [-0.25, -0.2) is 0 Å². The molecule has 120 valence electrons. The number of nitrogens with two attached hydrogens (primary N) is 1. The molecule has 3 atom stereocenters. The Morgan fingerprint density at radius 2 is 1.81 bits per heavy atom. The van der Waals surface area contributed by atoms with E-state index in [4.69, 9.17) is 10.5 Å². The Morgan fingerprint density at radius 1 is 1.14 bits per heavy atom. The van der Waals surface area contributed by atoms with Gasteiger partial charge in [0.25, 0.3) is 0 Å². The number of hydrogen-bond donors (Lipinski definition) is 1. The van der Waals surface area contributed by atoms with Crippen LogP contribution in [0.3, 0.4) is 0 Å². The summed E-state index contributed by atoms with van der Waals surface area (Å²) in [6, 6.07) is 0.381. The fraction of sp³-hybridized carbons (Fsp3) is 0.941. The van der Waals surface area contributed by atoms with Crippen molar-refractivity contribution < 1.29 is 9.53 Å². The van der Waals surface area contributed by atoms with Crippen LogP contribution in [0, 0.1) is 11.3 Å². The number of amides is 1. The molecule has 4 nitrogen and oxygen atoms in total. The van der Waals surface area contributed by atoms with Gasteiger partial charge in [0.05, 0.1) is 6.10 Å². The van der Waals surface area contributed by atoms with Gasteiger partial charge in [-0.15, -0.1) is 0 Å². The van der Waals surface area contributed by atoms with Crippen LogP contribution in [0.2, 0.25) is 0 Å². The smallest absolute Gasteiger partial charge is 0.243 e. The standard InChI is InChI=1S/C17H30N2O2/c1-16(2)14-13(10-7-11-21-14)17(16,18)15(20)19(3)12-8-5-4-6-9-12/h12-14H,4-11,18H2,1-3H3. The molecule has 1 heterocycles. The van der Waals surface area contributed by atoms with Crippen LogP contribution in [-0.4, -0.2) is 42.1 Å². The van der Waals surface area contributed by atoms with Crippen molar-refractivity contribution in [2.75, 3.05) is 13.7 Å². The Labute approximate surface area is 128 Å². The molecule has 3 unspecified atom stereocenters. The highest BCUT2D eigenvalue weighted by molar-refractivity contribution is 5.89. The minimum Gasteiger partial charge on any atom is -0.377 e. The third-order valence-electron chi connectivity index (χ3n) is 6.48. The van der Waals surface area contributed by atoms with Crippen molar-refractivity contribution >= 4 is 5.91 Å². The molecule has 0 aromatic rings. The Balaban J connectivity index is 1.78. The topological polar surface area (TPSA) is 55.6 Å². The van der Waals surface area contributed by atoms with Crippen LogP contribution in [0.25, 0.3) is 0 Å². The zero-order valence-corrected chi connectivity index (χ0v) is 13.7. The third kappa shape index (κ3) is 2.06. The summed E-state index contributed by atoms with van der Waals surface area (Å²) in [6.45, 7) is 5.02. The molecule has 0 aromatic carbocycles. The Hall–Kier alpha value is -0.610. The first-order valence-electron chi connectivity index (χ1n) is 8.58. The highest BCUT2D eigenvalue weighted by Crippen LogP contribution is 2.58. The molecule has 3 rings (SSSR count). The first-order valence-corrected chi connectivity index (χ1v) is 8.58. The van der Waals surface area contributed by atoms with Crippen molar-refractivity contribution in [1.82, 2.24) is 4.90 Å². The van der Waals surface area contributed by atoms with E-state index < -0.39 is 5.54 Å². The number of fused-ring (bicyclic) bond motifs is 1. The van der Waals surface area contributed by atoms with Gasteiger partial charge in [-0.1, -0.05) is 33.1 Å². The number of carbonyl (C=O) groups is 1. The number of rotatable bonds is 2. The summed E-state index contributed by atoms with van der Waals surface area (Å²) in [5.41, 5.74) is 5.70. The summed E-state index contributed by atoms with van der Waals surface area (Å²) in [5, 5.41) is 0. The average molecular weight is 294 g/mol. The van der Waals surface area contributed by atoms with Gasteiger partial charge < -0.3 is 15.4 Å². The largest absolute Gasteiger partial charge is 0.377 e. The number of carbonyl (C=O) groups excluding carboxylic acids is 1. The van der Waals surface area contributed by atoms with Gasteiger partial charge in [0, 0.05) is 31.0 Å². The maximum atomic E-state index is 13.2. The summed E-state index contributed by atoms with van der Waals surface area (Å²) in [5.74, 6) is 0.339. The van der Waals surface area contributed by atoms with Crippen molar-refractivity contribution in [3.8, 4) is 0 Å². The van der Waals surface area contributed by atoms with Crippen molar-refractivity contribution in [3.05, 3.63) is 0 Å². The van der Waals surface area contributed by atoms with Gasteiger partial charge in [-0.05, 0) is 25.7 Å². The molecule has 1 saturated heterocycles. The van der Waals surface area contributed by atoms with Crippen molar-refractivity contribution in [3.63, 3.8) is 0 Å². The van der Waals surface area contributed by atoms with Crippen LogP contribution >= 0.6 is 0 Å². The monoisotopic (exact) mass is 294 g/mol. The predicted molar refractivity (Wildman–Crippen MR) is 82.8 cm³/mol. The molecule has 4 heteroatoms. The van der Waals surface area contributed by atoms with Gasteiger partial charge in [-0.2, -0.15) is 0 Å². The van der Waals surface area contributed by atoms with E-state index in [1.165, 1.54) is 19.3 Å². The van der Waals surface area contributed by atoms with Gasteiger partial charge in [0.15, 0.2) is 0 Å².